The molecule has 0 spiro atoms. The summed E-state index contributed by atoms with van der Waals surface area (Å²) in [6, 6.07) is 2.57. The predicted octanol–water partition coefficient (Wildman–Crippen LogP) is 3.30. The van der Waals surface area contributed by atoms with Gasteiger partial charge in [-0.05, 0) is 35.2 Å². The van der Waals surface area contributed by atoms with Gasteiger partial charge in [-0.3, -0.25) is 11.3 Å². The first kappa shape index (κ1) is 14.0. The Morgan fingerprint density at radius 3 is 2.42 bits per heavy atom. The van der Waals surface area contributed by atoms with Crippen LogP contribution in [0.2, 0.25) is 0 Å². The molecule has 0 fully saturated rings. The molecule has 1 aromatic carbocycles. The van der Waals surface area contributed by atoms with Gasteiger partial charge < -0.3 is 0 Å². The van der Waals surface area contributed by atoms with Crippen molar-refractivity contribution in [2.75, 3.05) is 0 Å². The van der Waals surface area contributed by atoms with Gasteiger partial charge in [0.25, 0.3) is 0 Å². The molecule has 1 atom stereocenters. The molecular formula is C13H13F3N2S. The molecule has 0 aliphatic heterocycles. The Morgan fingerprint density at radius 1 is 1.21 bits per heavy atom. The van der Waals surface area contributed by atoms with Crippen LogP contribution in [0.4, 0.5) is 13.2 Å². The van der Waals surface area contributed by atoms with Crippen molar-refractivity contribution < 1.29 is 13.2 Å². The fraction of sp³-hybridized carbons (Fsp3) is 0.231. The van der Waals surface area contributed by atoms with Crippen molar-refractivity contribution in [1.82, 2.24) is 5.43 Å². The molecule has 2 rings (SSSR count). The molecule has 0 aliphatic carbocycles. The lowest BCUT2D eigenvalue weighted by Crippen LogP contribution is -2.30. The van der Waals surface area contributed by atoms with Gasteiger partial charge in [0.15, 0.2) is 0 Å². The van der Waals surface area contributed by atoms with Gasteiger partial charge in [-0.25, -0.2) is 13.2 Å². The van der Waals surface area contributed by atoms with E-state index in [1.807, 2.05) is 16.8 Å². The molecule has 0 saturated carbocycles. The number of hydrogen-bond acceptors (Lipinski definition) is 3. The summed E-state index contributed by atoms with van der Waals surface area (Å²) in [5, 5.41) is 3.89. The first-order valence-electron chi connectivity index (χ1n) is 5.73. The van der Waals surface area contributed by atoms with Gasteiger partial charge >= 0.3 is 0 Å². The van der Waals surface area contributed by atoms with E-state index in [2.05, 4.69) is 5.43 Å². The normalized spacial score (nSPS) is 12.6. The van der Waals surface area contributed by atoms with Crippen LogP contribution in [0, 0.1) is 17.5 Å². The summed E-state index contributed by atoms with van der Waals surface area (Å²) in [5.74, 6) is 2.56. The highest BCUT2D eigenvalue weighted by Crippen LogP contribution is 2.25. The number of aryl methyl sites for hydroxylation is 1. The second kappa shape index (κ2) is 6.18. The molecule has 3 N–H and O–H groups in total. The first-order chi connectivity index (χ1) is 9.11. The van der Waals surface area contributed by atoms with Crippen LogP contribution in [0.1, 0.15) is 23.6 Å². The Hall–Kier alpha value is -1.37. The maximum atomic E-state index is 13.6. The van der Waals surface area contributed by atoms with E-state index in [4.69, 9.17) is 5.84 Å². The number of halogens is 3. The predicted molar refractivity (Wildman–Crippen MR) is 69.0 cm³/mol. The van der Waals surface area contributed by atoms with E-state index < -0.39 is 23.5 Å². The van der Waals surface area contributed by atoms with Crippen molar-refractivity contribution in [3.63, 3.8) is 0 Å². The average Bonchev–Trinajstić information content (AvgIpc) is 2.85. The standard InChI is InChI=1S/C13H13F3N2S/c14-9-5-10(15)13(11(16)6-9)12(18-17)2-1-8-3-4-19-7-8/h3-7,12,18H,1-2,17H2. The van der Waals surface area contributed by atoms with E-state index in [1.165, 1.54) is 0 Å². The second-order valence-corrected chi connectivity index (χ2v) is 4.95. The summed E-state index contributed by atoms with van der Waals surface area (Å²) in [6.45, 7) is 0. The van der Waals surface area contributed by atoms with Crippen LogP contribution < -0.4 is 11.3 Å². The van der Waals surface area contributed by atoms with Crippen LogP contribution in [0.3, 0.4) is 0 Å². The first-order valence-corrected chi connectivity index (χ1v) is 6.67. The Balaban J connectivity index is 2.17. The largest absolute Gasteiger partial charge is 0.271 e. The highest BCUT2D eigenvalue weighted by molar-refractivity contribution is 7.07. The highest BCUT2D eigenvalue weighted by Gasteiger charge is 2.20. The summed E-state index contributed by atoms with van der Waals surface area (Å²) >= 11 is 1.55. The van der Waals surface area contributed by atoms with E-state index in [1.54, 1.807) is 11.3 Å². The van der Waals surface area contributed by atoms with Crippen LogP contribution >= 0.6 is 11.3 Å². The minimum atomic E-state index is -0.938. The molecule has 0 amide bonds. The number of hydrazine groups is 1. The van der Waals surface area contributed by atoms with E-state index in [9.17, 15) is 13.2 Å². The van der Waals surface area contributed by atoms with Crippen LogP contribution in [0.25, 0.3) is 0 Å². The zero-order valence-corrected chi connectivity index (χ0v) is 10.8. The molecule has 0 saturated heterocycles. The number of thiophene rings is 1. The average molecular weight is 286 g/mol. The third-order valence-electron chi connectivity index (χ3n) is 2.90. The third kappa shape index (κ3) is 3.34. The number of hydrogen-bond donors (Lipinski definition) is 2. The molecule has 6 heteroatoms. The molecule has 2 aromatic rings. The molecule has 0 aliphatic rings. The number of benzene rings is 1. The lowest BCUT2D eigenvalue weighted by Gasteiger charge is -2.17. The summed E-state index contributed by atoms with van der Waals surface area (Å²) in [5.41, 5.74) is 3.24. The highest BCUT2D eigenvalue weighted by atomic mass is 32.1. The number of nitrogens with one attached hydrogen (secondary N) is 1. The van der Waals surface area contributed by atoms with Gasteiger partial charge in [-0.15, -0.1) is 0 Å². The van der Waals surface area contributed by atoms with Gasteiger partial charge in [-0.2, -0.15) is 11.3 Å². The number of rotatable bonds is 5. The zero-order valence-electron chi connectivity index (χ0n) is 10.00. The zero-order chi connectivity index (χ0) is 13.8. The third-order valence-corrected chi connectivity index (χ3v) is 3.63. The lowest BCUT2D eigenvalue weighted by atomic mass is 9.99. The van der Waals surface area contributed by atoms with Crippen LogP contribution in [-0.2, 0) is 6.42 Å². The molecule has 1 heterocycles. The maximum Gasteiger partial charge on any atom is 0.133 e. The Morgan fingerprint density at radius 2 is 1.89 bits per heavy atom. The fourth-order valence-electron chi connectivity index (χ4n) is 1.94. The van der Waals surface area contributed by atoms with Crippen LogP contribution in [0.5, 0.6) is 0 Å². The lowest BCUT2D eigenvalue weighted by molar-refractivity contribution is 0.446. The Kier molecular flexibility index (Phi) is 4.57. The molecule has 102 valence electrons. The molecule has 0 bridgehead atoms. The SMILES string of the molecule is NNC(CCc1ccsc1)c1c(F)cc(F)cc1F. The minimum Gasteiger partial charge on any atom is -0.271 e. The van der Waals surface area contributed by atoms with Gasteiger partial charge in [0.1, 0.15) is 17.5 Å². The van der Waals surface area contributed by atoms with Crippen molar-refractivity contribution in [2.24, 2.45) is 5.84 Å². The molecule has 1 unspecified atom stereocenters. The van der Waals surface area contributed by atoms with E-state index in [0.29, 0.717) is 25.0 Å². The smallest absolute Gasteiger partial charge is 0.133 e. The summed E-state index contributed by atoms with van der Waals surface area (Å²) in [6.07, 6.45) is 1.06. The molecular weight excluding hydrogens is 273 g/mol. The van der Waals surface area contributed by atoms with Gasteiger partial charge in [0, 0.05) is 17.7 Å². The van der Waals surface area contributed by atoms with Crippen molar-refractivity contribution in [3.8, 4) is 0 Å². The minimum absolute atomic E-state index is 0.223. The van der Waals surface area contributed by atoms with Crippen molar-refractivity contribution in [1.29, 1.82) is 0 Å². The van der Waals surface area contributed by atoms with Gasteiger partial charge in [0.2, 0.25) is 0 Å². The molecule has 0 radical (unpaired) electrons. The van der Waals surface area contributed by atoms with E-state index >= 15 is 0 Å². The number of nitrogens with two attached hydrogens (primary N) is 1. The molecule has 19 heavy (non-hydrogen) atoms. The molecule has 1 aromatic heterocycles. The van der Waals surface area contributed by atoms with Crippen molar-refractivity contribution in [2.45, 2.75) is 18.9 Å². The quantitative estimate of drug-likeness (QED) is 0.654. The van der Waals surface area contributed by atoms with E-state index in [-0.39, 0.29) is 5.56 Å². The van der Waals surface area contributed by atoms with Crippen molar-refractivity contribution >= 4 is 11.3 Å². The summed E-state index contributed by atoms with van der Waals surface area (Å²) in [4.78, 5) is 0. The Labute approximate surface area is 113 Å². The van der Waals surface area contributed by atoms with E-state index in [0.717, 1.165) is 5.56 Å². The second-order valence-electron chi connectivity index (χ2n) is 4.17. The van der Waals surface area contributed by atoms with Crippen LogP contribution in [-0.4, -0.2) is 0 Å². The van der Waals surface area contributed by atoms with Gasteiger partial charge in [0.05, 0.1) is 6.04 Å². The summed E-state index contributed by atoms with van der Waals surface area (Å²) in [7, 11) is 0. The Bertz CT molecular complexity index is 520. The monoisotopic (exact) mass is 286 g/mol. The van der Waals surface area contributed by atoms with Crippen molar-refractivity contribution in [3.05, 3.63) is 57.5 Å². The summed E-state index contributed by atoms with van der Waals surface area (Å²) < 4.78 is 40.1. The topological polar surface area (TPSA) is 38.0 Å². The van der Waals surface area contributed by atoms with Crippen LogP contribution in [0.15, 0.2) is 29.0 Å². The fourth-order valence-corrected chi connectivity index (χ4v) is 2.65. The van der Waals surface area contributed by atoms with Gasteiger partial charge in [-0.1, -0.05) is 0 Å². The maximum absolute atomic E-state index is 13.6. The molecule has 2 nitrogen and oxygen atoms in total.